The molecule has 4 N–H and O–H groups in total. The molecule has 1 atom stereocenters. The normalized spacial score (nSPS) is 22.4. The zero-order valence-corrected chi connectivity index (χ0v) is 11.9. The van der Waals surface area contributed by atoms with Crippen molar-refractivity contribution in [2.45, 2.75) is 6.23 Å². The fraction of sp³-hybridized carbons (Fsp3) is 0.333. The van der Waals surface area contributed by atoms with Crippen molar-refractivity contribution in [2.75, 3.05) is 31.2 Å². The molecular weight excluding hydrogens is 287 g/mol. The van der Waals surface area contributed by atoms with Crippen LogP contribution in [0.1, 0.15) is 5.56 Å². The fourth-order valence-corrected chi connectivity index (χ4v) is 2.53. The summed E-state index contributed by atoms with van der Waals surface area (Å²) < 4.78 is 19.6. The summed E-state index contributed by atoms with van der Waals surface area (Å²) in [6, 6.07) is 4.80. The van der Waals surface area contributed by atoms with Crippen LogP contribution in [0.15, 0.2) is 24.3 Å². The first kappa shape index (κ1) is 14.7. The standard InChI is InChI=1S/C15H17FN4O2/c16-10-7-9(12-8-11(17)14(18)15(21)19-12)1-2-13(10)20-3-5-22-6-4-20/h1-2,7-8,15,17-19,21H,3-6H2/t15-/m1/s1. The number of aliphatic hydroxyl groups is 1. The van der Waals surface area contributed by atoms with E-state index in [-0.39, 0.29) is 17.2 Å². The Bertz CT molecular complexity index is 653. The molecule has 2 aliphatic rings. The summed E-state index contributed by atoms with van der Waals surface area (Å²) in [7, 11) is 0. The minimum atomic E-state index is -1.24. The Morgan fingerprint density at radius 2 is 2.00 bits per heavy atom. The van der Waals surface area contributed by atoms with Gasteiger partial charge in [-0.2, -0.15) is 0 Å². The van der Waals surface area contributed by atoms with Crippen molar-refractivity contribution in [2.24, 2.45) is 0 Å². The van der Waals surface area contributed by atoms with E-state index in [9.17, 15) is 9.50 Å². The molecule has 0 aliphatic carbocycles. The van der Waals surface area contributed by atoms with Crippen LogP contribution in [0.3, 0.4) is 0 Å². The number of ether oxygens (including phenoxy) is 1. The number of nitrogens with zero attached hydrogens (tertiary/aromatic N) is 1. The van der Waals surface area contributed by atoms with E-state index in [1.807, 2.05) is 4.90 Å². The van der Waals surface area contributed by atoms with Crippen LogP contribution >= 0.6 is 0 Å². The molecule has 0 spiro atoms. The Morgan fingerprint density at radius 3 is 2.64 bits per heavy atom. The molecule has 0 aromatic heterocycles. The number of hydrogen-bond acceptors (Lipinski definition) is 6. The second-order valence-corrected chi connectivity index (χ2v) is 5.20. The van der Waals surface area contributed by atoms with Crippen LogP contribution in [0.5, 0.6) is 0 Å². The van der Waals surface area contributed by atoms with Crippen LogP contribution < -0.4 is 10.2 Å². The van der Waals surface area contributed by atoms with Gasteiger partial charge < -0.3 is 20.1 Å². The Balaban J connectivity index is 1.87. The highest BCUT2D eigenvalue weighted by Gasteiger charge is 2.23. The molecule has 116 valence electrons. The molecule has 0 radical (unpaired) electrons. The fourth-order valence-electron chi connectivity index (χ4n) is 2.53. The van der Waals surface area contributed by atoms with E-state index in [1.165, 1.54) is 12.1 Å². The smallest absolute Gasteiger partial charge is 0.169 e. The minimum absolute atomic E-state index is 0.0843. The van der Waals surface area contributed by atoms with Gasteiger partial charge in [0.05, 0.1) is 24.6 Å². The Hall–Kier alpha value is -2.25. The number of benzene rings is 1. The van der Waals surface area contributed by atoms with Crippen molar-refractivity contribution in [3.8, 4) is 0 Å². The summed E-state index contributed by atoms with van der Waals surface area (Å²) in [5.41, 5.74) is 1.20. The lowest BCUT2D eigenvalue weighted by molar-refractivity contribution is 0.122. The minimum Gasteiger partial charge on any atom is -0.378 e. The molecule has 22 heavy (non-hydrogen) atoms. The van der Waals surface area contributed by atoms with Crippen LogP contribution in [0.25, 0.3) is 5.70 Å². The highest BCUT2D eigenvalue weighted by Crippen LogP contribution is 2.25. The predicted molar refractivity (Wildman–Crippen MR) is 82.0 cm³/mol. The maximum Gasteiger partial charge on any atom is 0.169 e. The first-order chi connectivity index (χ1) is 10.6. The Labute approximate surface area is 127 Å². The molecule has 0 unspecified atom stereocenters. The van der Waals surface area contributed by atoms with Gasteiger partial charge in [0.2, 0.25) is 0 Å². The van der Waals surface area contributed by atoms with Gasteiger partial charge in [-0.3, -0.25) is 10.8 Å². The SMILES string of the molecule is N=C1C=C(c2ccc(N3CCOCC3)c(F)c2)N[C@H](O)C1=N. The van der Waals surface area contributed by atoms with E-state index in [0.717, 1.165) is 0 Å². The molecule has 2 aliphatic heterocycles. The third-order valence-corrected chi connectivity index (χ3v) is 3.75. The Kier molecular flexibility index (Phi) is 3.91. The maximum atomic E-state index is 14.4. The number of morpholine rings is 1. The maximum absolute atomic E-state index is 14.4. The van der Waals surface area contributed by atoms with Crippen molar-refractivity contribution in [3.05, 3.63) is 35.7 Å². The van der Waals surface area contributed by atoms with Gasteiger partial charge >= 0.3 is 0 Å². The van der Waals surface area contributed by atoms with Crippen LogP contribution in [-0.4, -0.2) is 49.1 Å². The molecule has 1 saturated heterocycles. The number of hydrogen-bond donors (Lipinski definition) is 4. The number of halogens is 1. The topological polar surface area (TPSA) is 92.4 Å². The lowest BCUT2D eigenvalue weighted by atomic mass is 10.0. The third kappa shape index (κ3) is 2.72. The summed E-state index contributed by atoms with van der Waals surface area (Å²) in [6.07, 6.45) is 0.174. The first-order valence-corrected chi connectivity index (χ1v) is 7.02. The van der Waals surface area contributed by atoms with E-state index >= 15 is 0 Å². The van der Waals surface area contributed by atoms with E-state index in [1.54, 1.807) is 12.1 Å². The quantitative estimate of drug-likeness (QED) is 0.655. The van der Waals surface area contributed by atoms with Gasteiger partial charge in [-0.05, 0) is 18.2 Å². The molecule has 0 amide bonds. The van der Waals surface area contributed by atoms with Gasteiger partial charge in [0, 0.05) is 24.4 Å². The lowest BCUT2D eigenvalue weighted by Crippen LogP contribution is -2.42. The van der Waals surface area contributed by atoms with Gasteiger partial charge in [-0.1, -0.05) is 6.07 Å². The number of aliphatic hydroxyl groups excluding tert-OH is 1. The van der Waals surface area contributed by atoms with Gasteiger partial charge in [-0.25, -0.2) is 4.39 Å². The molecule has 0 bridgehead atoms. The zero-order valence-electron chi connectivity index (χ0n) is 11.9. The van der Waals surface area contributed by atoms with Gasteiger partial charge in [-0.15, -0.1) is 0 Å². The highest BCUT2D eigenvalue weighted by molar-refractivity contribution is 6.47. The van der Waals surface area contributed by atoms with Crippen molar-refractivity contribution < 1.29 is 14.2 Å². The van der Waals surface area contributed by atoms with E-state index in [0.29, 0.717) is 43.3 Å². The second kappa shape index (κ2) is 5.86. The average molecular weight is 304 g/mol. The number of rotatable bonds is 2. The summed E-state index contributed by atoms with van der Waals surface area (Å²) in [6.45, 7) is 2.47. The zero-order chi connectivity index (χ0) is 15.7. The second-order valence-electron chi connectivity index (χ2n) is 5.20. The lowest BCUT2D eigenvalue weighted by Gasteiger charge is -2.29. The molecule has 0 saturated carbocycles. The number of allylic oxidation sites excluding steroid dienone is 1. The summed E-state index contributed by atoms with van der Waals surface area (Å²) in [4.78, 5) is 1.93. The molecule has 1 aromatic rings. The first-order valence-electron chi connectivity index (χ1n) is 7.02. The van der Waals surface area contributed by atoms with E-state index < -0.39 is 6.23 Å². The van der Waals surface area contributed by atoms with Crippen molar-refractivity contribution in [3.63, 3.8) is 0 Å². The summed E-state index contributed by atoms with van der Waals surface area (Å²) in [5.74, 6) is -0.358. The van der Waals surface area contributed by atoms with Crippen molar-refractivity contribution >= 4 is 22.8 Å². The van der Waals surface area contributed by atoms with Gasteiger partial charge in [0.15, 0.2) is 6.23 Å². The Morgan fingerprint density at radius 1 is 1.27 bits per heavy atom. The van der Waals surface area contributed by atoms with Crippen LogP contribution in [0.2, 0.25) is 0 Å². The van der Waals surface area contributed by atoms with Crippen molar-refractivity contribution in [1.29, 1.82) is 10.8 Å². The average Bonchev–Trinajstić information content (AvgIpc) is 2.53. The largest absolute Gasteiger partial charge is 0.378 e. The van der Waals surface area contributed by atoms with E-state index in [2.05, 4.69) is 5.32 Å². The molecule has 1 fully saturated rings. The van der Waals surface area contributed by atoms with Crippen LogP contribution in [0, 0.1) is 16.6 Å². The monoisotopic (exact) mass is 304 g/mol. The number of nitrogens with one attached hydrogen (secondary N) is 3. The third-order valence-electron chi connectivity index (χ3n) is 3.75. The van der Waals surface area contributed by atoms with Crippen LogP contribution in [-0.2, 0) is 4.74 Å². The van der Waals surface area contributed by atoms with Gasteiger partial charge in [0.25, 0.3) is 0 Å². The summed E-state index contributed by atoms with van der Waals surface area (Å²) in [5, 5.41) is 27.5. The number of anilines is 1. The molecule has 2 heterocycles. The van der Waals surface area contributed by atoms with Gasteiger partial charge in [0.1, 0.15) is 11.5 Å². The highest BCUT2D eigenvalue weighted by atomic mass is 19.1. The molecule has 1 aromatic carbocycles. The molecule has 3 rings (SSSR count). The van der Waals surface area contributed by atoms with E-state index in [4.69, 9.17) is 15.6 Å². The summed E-state index contributed by atoms with van der Waals surface area (Å²) >= 11 is 0. The van der Waals surface area contributed by atoms with Crippen molar-refractivity contribution in [1.82, 2.24) is 5.32 Å². The molecular formula is C15H17FN4O2. The molecule has 6 nitrogen and oxygen atoms in total. The van der Waals surface area contributed by atoms with Crippen LogP contribution in [0.4, 0.5) is 10.1 Å². The molecule has 7 heteroatoms. The predicted octanol–water partition coefficient (Wildman–Crippen LogP) is 0.964.